The van der Waals surface area contributed by atoms with E-state index in [2.05, 4.69) is 6.58 Å². The second-order valence-electron chi connectivity index (χ2n) is 2.81. The molecule has 0 aromatic carbocycles. The maximum atomic E-state index is 5.64. The first-order valence-electron chi connectivity index (χ1n) is 3.81. The molecular formula is C10H17N. The van der Waals surface area contributed by atoms with E-state index in [1.165, 1.54) is 5.57 Å². The standard InChI is InChI=1S/C10H17N/c1-5-8(2)6-7-9(3)10(4)11/h5-7,10H,1,11H2,2-4H3/b8-6-,9-7+. The van der Waals surface area contributed by atoms with Crippen LogP contribution in [0.3, 0.4) is 0 Å². The molecule has 1 unspecified atom stereocenters. The van der Waals surface area contributed by atoms with Crippen molar-refractivity contribution in [2.75, 3.05) is 0 Å². The number of nitrogens with two attached hydrogens (primary N) is 1. The summed E-state index contributed by atoms with van der Waals surface area (Å²) >= 11 is 0. The Labute approximate surface area is 69.3 Å². The highest BCUT2D eigenvalue weighted by atomic mass is 14.6. The van der Waals surface area contributed by atoms with Gasteiger partial charge in [0.15, 0.2) is 0 Å². The lowest BCUT2D eigenvalue weighted by Crippen LogP contribution is -2.15. The largest absolute Gasteiger partial charge is 0.324 e. The van der Waals surface area contributed by atoms with Crippen molar-refractivity contribution in [1.29, 1.82) is 0 Å². The first-order valence-corrected chi connectivity index (χ1v) is 3.81. The fourth-order valence-electron chi connectivity index (χ4n) is 0.483. The highest BCUT2D eigenvalue weighted by Crippen LogP contribution is 2.00. The van der Waals surface area contributed by atoms with Crippen molar-refractivity contribution in [2.24, 2.45) is 5.73 Å². The molecule has 62 valence electrons. The molecule has 0 aromatic rings. The second kappa shape index (κ2) is 4.91. The fourth-order valence-corrected chi connectivity index (χ4v) is 0.483. The summed E-state index contributed by atoms with van der Waals surface area (Å²) in [5, 5.41) is 0. The summed E-state index contributed by atoms with van der Waals surface area (Å²) in [4.78, 5) is 0. The highest BCUT2D eigenvalue weighted by Gasteiger charge is 1.92. The molecule has 0 saturated carbocycles. The zero-order valence-corrected chi connectivity index (χ0v) is 7.59. The summed E-state index contributed by atoms with van der Waals surface area (Å²) in [5.74, 6) is 0. The van der Waals surface area contributed by atoms with Crippen LogP contribution in [-0.2, 0) is 0 Å². The van der Waals surface area contributed by atoms with Crippen molar-refractivity contribution >= 4 is 0 Å². The van der Waals surface area contributed by atoms with E-state index in [9.17, 15) is 0 Å². The Kier molecular flexibility index (Phi) is 4.55. The van der Waals surface area contributed by atoms with Gasteiger partial charge in [-0.2, -0.15) is 0 Å². The smallest absolute Gasteiger partial charge is 0.0225 e. The van der Waals surface area contributed by atoms with Gasteiger partial charge < -0.3 is 5.73 Å². The first-order chi connectivity index (χ1) is 5.07. The molecule has 1 atom stereocenters. The molecule has 1 heteroatoms. The minimum Gasteiger partial charge on any atom is -0.324 e. The summed E-state index contributed by atoms with van der Waals surface area (Å²) in [5.41, 5.74) is 7.98. The summed E-state index contributed by atoms with van der Waals surface area (Å²) < 4.78 is 0. The van der Waals surface area contributed by atoms with E-state index < -0.39 is 0 Å². The minimum atomic E-state index is 0.142. The number of rotatable bonds is 3. The predicted octanol–water partition coefficient (Wildman–Crippen LogP) is 2.41. The maximum absolute atomic E-state index is 5.64. The third-order valence-electron chi connectivity index (χ3n) is 1.65. The van der Waals surface area contributed by atoms with E-state index in [1.54, 1.807) is 0 Å². The SMILES string of the molecule is C=C/C(C)=C\C=C(/C)C(C)N. The van der Waals surface area contributed by atoms with Gasteiger partial charge in [0.05, 0.1) is 0 Å². The predicted molar refractivity (Wildman–Crippen MR) is 51.4 cm³/mol. The lowest BCUT2D eigenvalue weighted by molar-refractivity contribution is 0.861. The molecule has 0 rings (SSSR count). The lowest BCUT2D eigenvalue weighted by atomic mass is 10.1. The fraction of sp³-hybridized carbons (Fsp3) is 0.400. The van der Waals surface area contributed by atoms with Crippen molar-refractivity contribution in [1.82, 2.24) is 0 Å². The van der Waals surface area contributed by atoms with Crippen LogP contribution >= 0.6 is 0 Å². The Morgan fingerprint density at radius 1 is 1.36 bits per heavy atom. The average molecular weight is 151 g/mol. The van der Waals surface area contributed by atoms with Gasteiger partial charge in [-0.15, -0.1) is 0 Å². The monoisotopic (exact) mass is 151 g/mol. The van der Waals surface area contributed by atoms with Crippen LogP contribution < -0.4 is 5.73 Å². The van der Waals surface area contributed by atoms with Gasteiger partial charge >= 0.3 is 0 Å². The molecule has 0 aliphatic heterocycles. The van der Waals surface area contributed by atoms with E-state index in [0.29, 0.717) is 0 Å². The molecule has 2 N–H and O–H groups in total. The molecule has 11 heavy (non-hydrogen) atoms. The van der Waals surface area contributed by atoms with Crippen LogP contribution in [-0.4, -0.2) is 6.04 Å². The van der Waals surface area contributed by atoms with Crippen molar-refractivity contribution < 1.29 is 0 Å². The maximum Gasteiger partial charge on any atom is 0.0225 e. The van der Waals surface area contributed by atoms with E-state index >= 15 is 0 Å². The average Bonchev–Trinajstić information content (AvgIpc) is 1.99. The molecule has 0 radical (unpaired) electrons. The third-order valence-corrected chi connectivity index (χ3v) is 1.65. The van der Waals surface area contributed by atoms with Gasteiger partial charge in [-0.05, 0) is 20.8 Å². The molecule has 0 aliphatic carbocycles. The molecule has 0 spiro atoms. The van der Waals surface area contributed by atoms with Crippen molar-refractivity contribution in [3.8, 4) is 0 Å². The van der Waals surface area contributed by atoms with Gasteiger partial charge in [0.2, 0.25) is 0 Å². The van der Waals surface area contributed by atoms with Crippen LogP contribution in [0.4, 0.5) is 0 Å². The molecule has 1 nitrogen and oxygen atoms in total. The molecule has 0 aliphatic rings. The van der Waals surface area contributed by atoms with Gasteiger partial charge in [0.25, 0.3) is 0 Å². The Bertz CT molecular complexity index is 185. The van der Waals surface area contributed by atoms with E-state index in [4.69, 9.17) is 5.73 Å². The summed E-state index contributed by atoms with van der Waals surface area (Å²) in [6.45, 7) is 9.67. The van der Waals surface area contributed by atoms with E-state index in [0.717, 1.165) is 5.57 Å². The highest BCUT2D eigenvalue weighted by molar-refractivity contribution is 5.23. The van der Waals surface area contributed by atoms with E-state index in [-0.39, 0.29) is 6.04 Å². The van der Waals surface area contributed by atoms with Crippen LogP contribution in [0.2, 0.25) is 0 Å². The molecule has 0 fully saturated rings. The zero-order chi connectivity index (χ0) is 8.85. The zero-order valence-electron chi connectivity index (χ0n) is 7.59. The third kappa shape index (κ3) is 4.57. The van der Waals surface area contributed by atoms with Gasteiger partial charge in [0, 0.05) is 6.04 Å². The first kappa shape index (κ1) is 10.2. The quantitative estimate of drug-likeness (QED) is 0.616. The summed E-state index contributed by atoms with van der Waals surface area (Å²) in [7, 11) is 0. The number of allylic oxidation sites excluding steroid dienone is 4. The van der Waals surface area contributed by atoms with Crippen molar-refractivity contribution in [2.45, 2.75) is 26.8 Å². The van der Waals surface area contributed by atoms with Crippen LogP contribution in [0.15, 0.2) is 36.0 Å². The van der Waals surface area contributed by atoms with Crippen LogP contribution in [0.1, 0.15) is 20.8 Å². The van der Waals surface area contributed by atoms with Crippen LogP contribution in [0.5, 0.6) is 0 Å². The Morgan fingerprint density at radius 3 is 2.27 bits per heavy atom. The van der Waals surface area contributed by atoms with Gasteiger partial charge in [-0.3, -0.25) is 0 Å². The molecule has 0 saturated heterocycles. The van der Waals surface area contributed by atoms with Crippen molar-refractivity contribution in [3.05, 3.63) is 36.0 Å². The van der Waals surface area contributed by atoms with Crippen LogP contribution in [0, 0.1) is 0 Å². The van der Waals surface area contributed by atoms with Gasteiger partial charge in [-0.1, -0.05) is 36.0 Å². The number of hydrogen-bond acceptors (Lipinski definition) is 1. The Balaban J connectivity index is 4.22. The molecular weight excluding hydrogens is 134 g/mol. The van der Waals surface area contributed by atoms with Gasteiger partial charge in [0.1, 0.15) is 0 Å². The normalized spacial score (nSPS) is 16.4. The molecule has 0 bridgehead atoms. The molecule has 0 heterocycles. The summed E-state index contributed by atoms with van der Waals surface area (Å²) in [6.07, 6.45) is 5.87. The second-order valence-corrected chi connectivity index (χ2v) is 2.81. The topological polar surface area (TPSA) is 26.0 Å². The Hall–Kier alpha value is -0.820. The van der Waals surface area contributed by atoms with Crippen molar-refractivity contribution in [3.63, 3.8) is 0 Å². The summed E-state index contributed by atoms with van der Waals surface area (Å²) in [6, 6.07) is 0.142. The minimum absolute atomic E-state index is 0.142. The van der Waals surface area contributed by atoms with Crippen LogP contribution in [0.25, 0.3) is 0 Å². The Morgan fingerprint density at radius 2 is 1.91 bits per heavy atom. The van der Waals surface area contributed by atoms with Gasteiger partial charge in [-0.25, -0.2) is 0 Å². The molecule has 0 amide bonds. The number of hydrogen-bond donors (Lipinski definition) is 1. The molecule has 0 aromatic heterocycles. The van der Waals surface area contributed by atoms with E-state index in [1.807, 2.05) is 39.0 Å². The lowest BCUT2D eigenvalue weighted by Gasteiger charge is -2.02.